The summed E-state index contributed by atoms with van der Waals surface area (Å²) in [7, 11) is 0. The summed E-state index contributed by atoms with van der Waals surface area (Å²) < 4.78 is 10.7. The zero-order valence-electron chi connectivity index (χ0n) is 17.1. The molecule has 3 aliphatic heterocycles. The van der Waals surface area contributed by atoms with Crippen molar-refractivity contribution < 1.29 is 24.2 Å². The summed E-state index contributed by atoms with van der Waals surface area (Å²) in [6, 6.07) is 12.5. The normalized spacial score (nSPS) is 18.1. The summed E-state index contributed by atoms with van der Waals surface area (Å²) in [6.45, 7) is 3.66. The average Bonchev–Trinajstić information content (AvgIpc) is 3.40. The van der Waals surface area contributed by atoms with Crippen molar-refractivity contribution in [3.8, 4) is 17.2 Å². The minimum atomic E-state index is -0.181. The number of phenolic OH excluding ortho intramolecular Hbond substituents is 1. The maximum Gasteiger partial charge on any atom is 0.325 e. The number of para-hydroxylation sites is 2. The van der Waals surface area contributed by atoms with Gasteiger partial charge in [-0.15, -0.1) is 0 Å². The maximum atomic E-state index is 12.9. The fourth-order valence-corrected chi connectivity index (χ4v) is 4.21. The molecule has 9 nitrogen and oxygen atoms in total. The van der Waals surface area contributed by atoms with Gasteiger partial charge in [0.2, 0.25) is 12.7 Å². The van der Waals surface area contributed by atoms with Crippen LogP contribution < -0.4 is 19.3 Å². The predicted octanol–water partition coefficient (Wildman–Crippen LogP) is 1.71. The number of hydrogen-bond donors (Lipinski definition) is 1. The standard InChI is InChI=1S/C22H24N4O5/c27-18-4-2-1-3-17(18)23-7-9-24(10-8-23)21(28)14-25-11-12-26(22(25)29)16-5-6-19-20(13-16)31-15-30-19/h1-6,13,27H,7-12,14-15H2. The first-order valence-electron chi connectivity index (χ1n) is 10.4. The van der Waals surface area contributed by atoms with Crippen molar-refractivity contribution in [2.75, 3.05) is 62.4 Å². The van der Waals surface area contributed by atoms with Gasteiger partial charge < -0.3 is 29.3 Å². The SMILES string of the molecule is O=C(CN1CCN(c2ccc3c(c2)OCO3)C1=O)N1CCN(c2ccccc2O)CC1. The molecule has 0 aromatic heterocycles. The Balaban J connectivity index is 1.17. The van der Waals surface area contributed by atoms with Gasteiger partial charge >= 0.3 is 6.03 Å². The summed E-state index contributed by atoms with van der Waals surface area (Å²) in [4.78, 5) is 32.8. The van der Waals surface area contributed by atoms with Crippen molar-refractivity contribution in [1.29, 1.82) is 0 Å². The van der Waals surface area contributed by atoms with Gasteiger partial charge in [-0.1, -0.05) is 12.1 Å². The van der Waals surface area contributed by atoms with Crippen LogP contribution in [0.4, 0.5) is 16.2 Å². The summed E-state index contributed by atoms with van der Waals surface area (Å²) in [5, 5.41) is 10.0. The number of carbonyl (C=O) groups excluding carboxylic acids is 2. The molecule has 0 spiro atoms. The number of aromatic hydroxyl groups is 1. The quantitative estimate of drug-likeness (QED) is 0.804. The van der Waals surface area contributed by atoms with Gasteiger partial charge in [-0.05, 0) is 24.3 Å². The molecule has 3 aliphatic rings. The number of nitrogens with zero attached hydrogens (tertiary/aromatic N) is 4. The molecule has 0 saturated carbocycles. The molecule has 31 heavy (non-hydrogen) atoms. The Morgan fingerprint density at radius 3 is 2.52 bits per heavy atom. The highest BCUT2D eigenvalue weighted by atomic mass is 16.7. The van der Waals surface area contributed by atoms with Gasteiger partial charge in [0.1, 0.15) is 12.3 Å². The van der Waals surface area contributed by atoms with Gasteiger partial charge in [0.25, 0.3) is 0 Å². The highest BCUT2D eigenvalue weighted by molar-refractivity contribution is 5.96. The average molecular weight is 424 g/mol. The molecule has 0 radical (unpaired) electrons. The molecular weight excluding hydrogens is 400 g/mol. The van der Waals surface area contributed by atoms with Crippen molar-refractivity contribution in [1.82, 2.24) is 9.80 Å². The van der Waals surface area contributed by atoms with E-state index in [0.29, 0.717) is 50.8 Å². The van der Waals surface area contributed by atoms with Gasteiger partial charge in [0.15, 0.2) is 11.5 Å². The fraction of sp³-hybridized carbons (Fsp3) is 0.364. The third-order valence-electron chi connectivity index (χ3n) is 5.94. The van der Waals surface area contributed by atoms with Crippen LogP contribution in [0.25, 0.3) is 0 Å². The lowest BCUT2D eigenvalue weighted by molar-refractivity contribution is -0.131. The Morgan fingerprint density at radius 2 is 1.71 bits per heavy atom. The number of amides is 3. The number of piperazine rings is 1. The molecule has 0 bridgehead atoms. The van der Waals surface area contributed by atoms with Crippen LogP contribution in [0.5, 0.6) is 17.2 Å². The van der Waals surface area contributed by atoms with Crippen molar-refractivity contribution in [3.63, 3.8) is 0 Å². The van der Waals surface area contributed by atoms with Crippen LogP contribution in [0, 0.1) is 0 Å². The molecular formula is C22H24N4O5. The van der Waals surface area contributed by atoms with Crippen molar-refractivity contribution in [2.45, 2.75) is 0 Å². The third-order valence-corrected chi connectivity index (χ3v) is 5.94. The molecule has 9 heteroatoms. The minimum absolute atomic E-state index is 0.0576. The minimum Gasteiger partial charge on any atom is -0.506 e. The molecule has 5 rings (SSSR count). The summed E-state index contributed by atoms with van der Waals surface area (Å²) >= 11 is 0. The van der Waals surface area contributed by atoms with Crippen molar-refractivity contribution >= 4 is 23.3 Å². The van der Waals surface area contributed by atoms with Crippen LogP contribution in [0.2, 0.25) is 0 Å². The molecule has 2 aromatic carbocycles. The van der Waals surface area contributed by atoms with Crippen LogP contribution in [-0.4, -0.2) is 79.5 Å². The Bertz CT molecular complexity index is 1010. The number of hydrogen-bond acceptors (Lipinski definition) is 6. The number of anilines is 2. The highest BCUT2D eigenvalue weighted by Gasteiger charge is 2.33. The molecule has 162 valence electrons. The number of fused-ring (bicyclic) bond motifs is 1. The Kier molecular flexibility index (Phi) is 4.93. The number of urea groups is 1. The van der Waals surface area contributed by atoms with E-state index in [9.17, 15) is 14.7 Å². The second-order valence-corrected chi connectivity index (χ2v) is 7.75. The number of benzene rings is 2. The molecule has 2 aromatic rings. The largest absolute Gasteiger partial charge is 0.506 e. The smallest absolute Gasteiger partial charge is 0.325 e. The number of phenols is 1. The number of rotatable bonds is 4. The van der Waals surface area contributed by atoms with Crippen LogP contribution in [0.15, 0.2) is 42.5 Å². The second kappa shape index (κ2) is 7.90. The van der Waals surface area contributed by atoms with Crippen LogP contribution >= 0.6 is 0 Å². The monoisotopic (exact) mass is 424 g/mol. The van der Waals surface area contributed by atoms with E-state index in [1.165, 1.54) is 0 Å². The van der Waals surface area contributed by atoms with E-state index in [2.05, 4.69) is 4.90 Å². The van der Waals surface area contributed by atoms with Crippen LogP contribution in [0.1, 0.15) is 0 Å². The Morgan fingerprint density at radius 1 is 0.935 bits per heavy atom. The Labute approximate surface area is 180 Å². The van der Waals surface area contributed by atoms with E-state index in [1.807, 2.05) is 18.2 Å². The molecule has 1 N–H and O–H groups in total. The van der Waals surface area contributed by atoms with E-state index in [-0.39, 0.29) is 31.0 Å². The maximum absolute atomic E-state index is 12.9. The molecule has 0 atom stereocenters. The molecule has 3 heterocycles. The number of ether oxygens (including phenoxy) is 2. The van der Waals surface area contributed by atoms with Gasteiger partial charge in [0, 0.05) is 51.0 Å². The topological polar surface area (TPSA) is 85.8 Å². The van der Waals surface area contributed by atoms with Crippen LogP contribution in [0.3, 0.4) is 0 Å². The first-order valence-corrected chi connectivity index (χ1v) is 10.4. The van der Waals surface area contributed by atoms with E-state index in [4.69, 9.17) is 9.47 Å². The van der Waals surface area contributed by atoms with E-state index in [0.717, 1.165) is 11.4 Å². The zero-order valence-corrected chi connectivity index (χ0v) is 17.1. The van der Waals surface area contributed by atoms with Crippen molar-refractivity contribution in [2.24, 2.45) is 0 Å². The van der Waals surface area contributed by atoms with Crippen LogP contribution in [-0.2, 0) is 4.79 Å². The van der Waals surface area contributed by atoms with Gasteiger partial charge in [-0.2, -0.15) is 0 Å². The summed E-state index contributed by atoms with van der Waals surface area (Å²) in [5.41, 5.74) is 1.52. The van der Waals surface area contributed by atoms with Gasteiger partial charge in [-0.3, -0.25) is 9.69 Å². The predicted molar refractivity (Wildman–Crippen MR) is 114 cm³/mol. The summed E-state index contributed by atoms with van der Waals surface area (Å²) in [5.74, 6) is 1.49. The van der Waals surface area contributed by atoms with E-state index >= 15 is 0 Å². The van der Waals surface area contributed by atoms with E-state index < -0.39 is 0 Å². The molecule has 0 unspecified atom stereocenters. The molecule has 2 saturated heterocycles. The lowest BCUT2D eigenvalue weighted by Crippen LogP contribution is -2.51. The Hall–Kier alpha value is -3.62. The first-order chi connectivity index (χ1) is 15.1. The summed E-state index contributed by atoms with van der Waals surface area (Å²) in [6.07, 6.45) is 0. The fourth-order valence-electron chi connectivity index (χ4n) is 4.21. The lowest BCUT2D eigenvalue weighted by atomic mass is 10.2. The molecule has 3 amide bonds. The van der Waals surface area contributed by atoms with Gasteiger partial charge in [-0.25, -0.2) is 4.79 Å². The molecule has 2 fully saturated rings. The van der Waals surface area contributed by atoms with Crippen molar-refractivity contribution in [3.05, 3.63) is 42.5 Å². The first kappa shape index (κ1) is 19.3. The zero-order chi connectivity index (χ0) is 21.4. The number of carbonyl (C=O) groups is 2. The molecule has 0 aliphatic carbocycles. The highest BCUT2D eigenvalue weighted by Crippen LogP contribution is 2.36. The lowest BCUT2D eigenvalue weighted by Gasteiger charge is -2.36. The van der Waals surface area contributed by atoms with E-state index in [1.54, 1.807) is 39.0 Å². The third kappa shape index (κ3) is 3.67. The van der Waals surface area contributed by atoms with Gasteiger partial charge in [0.05, 0.1) is 5.69 Å². The second-order valence-electron chi connectivity index (χ2n) is 7.75.